The highest BCUT2D eigenvalue weighted by molar-refractivity contribution is 7.89. The van der Waals surface area contributed by atoms with E-state index in [9.17, 15) is 13.2 Å². The van der Waals surface area contributed by atoms with E-state index in [0.717, 1.165) is 6.42 Å². The molecule has 1 saturated heterocycles. The van der Waals surface area contributed by atoms with Gasteiger partial charge in [0.15, 0.2) is 0 Å². The van der Waals surface area contributed by atoms with Gasteiger partial charge in [0.1, 0.15) is 5.54 Å². The normalized spacial score (nSPS) is 24.5. The molecule has 1 fully saturated rings. The molecule has 2 N–H and O–H groups in total. The van der Waals surface area contributed by atoms with E-state index in [0.29, 0.717) is 13.0 Å². The number of carboxylic acid groups (broad SMARTS) is 1. The number of ether oxygens (including phenoxy) is 1. The standard InChI is InChI=1S/C10H19NO5S/c1-3-10(2,9(12)13)11-17(14,15)7-8-5-4-6-16-8/h8,11H,3-7H2,1-2H3,(H,12,13). The van der Waals surface area contributed by atoms with Gasteiger partial charge in [0.25, 0.3) is 0 Å². The number of rotatable bonds is 6. The van der Waals surface area contributed by atoms with E-state index in [1.54, 1.807) is 6.92 Å². The minimum absolute atomic E-state index is 0.171. The van der Waals surface area contributed by atoms with Gasteiger partial charge >= 0.3 is 5.97 Å². The van der Waals surface area contributed by atoms with E-state index < -0.39 is 21.5 Å². The molecule has 2 atom stereocenters. The number of carbonyl (C=O) groups is 1. The van der Waals surface area contributed by atoms with Gasteiger partial charge in [0.05, 0.1) is 11.9 Å². The molecule has 1 heterocycles. The Morgan fingerprint density at radius 1 is 1.59 bits per heavy atom. The van der Waals surface area contributed by atoms with Crippen molar-refractivity contribution in [2.45, 2.75) is 44.8 Å². The third-order valence-electron chi connectivity index (χ3n) is 2.99. The zero-order valence-corrected chi connectivity index (χ0v) is 10.9. The van der Waals surface area contributed by atoms with Gasteiger partial charge in [-0.25, -0.2) is 8.42 Å². The number of hydrogen-bond acceptors (Lipinski definition) is 4. The largest absolute Gasteiger partial charge is 0.480 e. The second-order valence-electron chi connectivity index (χ2n) is 4.51. The predicted octanol–water partition coefficient (Wildman–Crippen LogP) is 0.338. The number of sulfonamides is 1. The van der Waals surface area contributed by atoms with E-state index in [4.69, 9.17) is 9.84 Å². The van der Waals surface area contributed by atoms with E-state index in [2.05, 4.69) is 4.72 Å². The molecule has 100 valence electrons. The Balaban J connectivity index is 2.67. The molecule has 0 aliphatic carbocycles. The van der Waals surface area contributed by atoms with Crippen LogP contribution in [0.1, 0.15) is 33.1 Å². The van der Waals surface area contributed by atoms with Gasteiger partial charge in [-0.3, -0.25) is 4.79 Å². The van der Waals surface area contributed by atoms with Gasteiger partial charge in [-0.15, -0.1) is 0 Å². The van der Waals surface area contributed by atoms with Crippen molar-refractivity contribution in [2.24, 2.45) is 0 Å². The number of hydrogen-bond donors (Lipinski definition) is 2. The van der Waals surface area contributed by atoms with Crippen LogP contribution in [0.15, 0.2) is 0 Å². The summed E-state index contributed by atoms with van der Waals surface area (Å²) in [5, 5.41) is 9.00. The van der Waals surface area contributed by atoms with Crippen LogP contribution in [0.4, 0.5) is 0 Å². The fourth-order valence-corrected chi connectivity index (χ4v) is 3.43. The first kappa shape index (κ1) is 14.4. The summed E-state index contributed by atoms with van der Waals surface area (Å²) < 4.78 is 31.1. The predicted molar refractivity (Wildman–Crippen MR) is 62.2 cm³/mol. The lowest BCUT2D eigenvalue weighted by atomic mass is 10.0. The monoisotopic (exact) mass is 265 g/mol. The minimum atomic E-state index is -3.64. The van der Waals surface area contributed by atoms with Crippen molar-refractivity contribution in [3.8, 4) is 0 Å². The van der Waals surface area contributed by atoms with Crippen LogP contribution >= 0.6 is 0 Å². The van der Waals surface area contributed by atoms with Gasteiger partial charge in [-0.05, 0) is 26.2 Å². The average molecular weight is 265 g/mol. The highest BCUT2D eigenvalue weighted by Crippen LogP contribution is 2.16. The number of nitrogens with one attached hydrogen (secondary N) is 1. The molecule has 0 aromatic carbocycles. The maximum atomic E-state index is 11.8. The Hall–Kier alpha value is -0.660. The van der Waals surface area contributed by atoms with Crippen molar-refractivity contribution in [1.82, 2.24) is 4.72 Å². The van der Waals surface area contributed by atoms with Gasteiger partial charge in [0, 0.05) is 6.61 Å². The summed E-state index contributed by atoms with van der Waals surface area (Å²) in [5.41, 5.74) is -1.45. The SMILES string of the molecule is CCC(C)(NS(=O)(=O)CC1CCCO1)C(=O)O. The van der Waals surface area contributed by atoms with Crippen LogP contribution in [-0.2, 0) is 19.6 Å². The fraction of sp³-hybridized carbons (Fsp3) is 0.900. The van der Waals surface area contributed by atoms with Crippen LogP contribution in [0.3, 0.4) is 0 Å². The topological polar surface area (TPSA) is 92.7 Å². The maximum Gasteiger partial charge on any atom is 0.324 e. The van der Waals surface area contributed by atoms with Crippen LogP contribution < -0.4 is 4.72 Å². The first-order valence-corrected chi connectivity index (χ1v) is 7.31. The van der Waals surface area contributed by atoms with Gasteiger partial charge in [0.2, 0.25) is 10.0 Å². The summed E-state index contributed by atoms with van der Waals surface area (Å²) in [7, 11) is -3.64. The van der Waals surface area contributed by atoms with E-state index >= 15 is 0 Å². The van der Waals surface area contributed by atoms with Gasteiger partial charge < -0.3 is 9.84 Å². The molecule has 6 nitrogen and oxygen atoms in total. The van der Waals surface area contributed by atoms with Crippen LogP contribution in [0.2, 0.25) is 0 Å². The van der Waals surface area contributed by atoms with E-state index in [1.165, 1.54) is 6.92 Å². The van der Waals surface area contributed by atoms with Gasteiger partial charge in [-0.1, -0.05) is 6.92 Å². The van der Waals surface area contributed by atoms with E-state index in [1.807, 2.05) is 0 Å². The van der Waals surface area contributed by atoms with Crippen molar-refractivity contribution >= 4 is 16.0 Å². The molecule has 0 saturated carbocycles. The van der Waals surface area contributed by atoms with Crippen molar-refractivity contribution in [3.63, 3.8) is 0 Å². The van der Waals surface area contributed by atoms with Crippen molar-refractivity contribution in [1.29, 1.82) is 0 Å². The third kappa shape index (κ3) is 3.93. The van der Waals surface area contributed by atoms with Gasteiger partial charge in [-0.2, -0.15) is 4.72 Å². The lowest BCUT2D eigenvalue weighted by Gasteiger charge is -2.25. The molecule has 2 unspecified atom stereocenters. The number of aliphatic carboxylic acids is 1. The second-order valence-corrected chi connectivity index (χ2v) is 6.28. The molecular weight excluding hydrogens is 246 g/mol. The van der Waals surface area contributed by atoms with Crippen LogP contribution in [-0.4, -0.2) is 43.5 Å². The summed E-state index contributed by atoms with van der Waals surface area (Å²) in [6.45, 7) is 3.56. The summed E-state index contributed by atoms with van der Waals surface area (Å²) in [4.78, 5) is 11.0. The molecule has 1 aliphatic rings. The van der Waals surface area contributed by atoms with Crippen LogP contribution in [0, 0.1) is 0 Å². The zero-order chi connectivity index (χ0) is 13.1. The molecule has 1 aliphatic heterocycles. The molecule has 0 amide bonds. The zero-order valence-electron chi connectivity index (χ0n) is 10.1. The lowest BCUT2D eigenvalue weighted by molar-refractivity contribution is -0.143. The average Bonchev–Trinajstić information content (AvgIpc) is 2.68. The van der Waals surface area contributed by atoms with E-state index in [-0.39, 0.29) is 18.3 Å². The molecule has 0 spiro atoms. The molecular formula is C10H19NO5S. The fourth-order valence-electron chi connectivity index (χ4n) is 1.67. The van der Waals surface area contributed by atoms with Crippen molar-refractivity contribution < 1.29 is 23.1 Å². The Morgan fingerprint density at radius 2 is 2.24 bits per heavy atom. The summed E-state index contributed by atoms with van der Waals surface area (Å²) in [6.07, 6.45) is 1.43. The first-order valence-electron chi connectivity index (χ1n) is 5.66. The Kier molecular flexibility index (Phi) is 4.51. The molecule has 0 aromatic heterocycles. The highest BCUT2D eigenvalue weighted by atomic mass is 32.2. The first-order chi connectivity index (χ1) is 7.79. The quantitative estimate of drug-likeness (QED) is 0.722. The molecule has 0 radical (unpaired) electrons. The highest BCUT2D eigenvalue weighted by Gasteiger charge is 2.36. The molecule has 1 rings (SSSR count). The third-order valence-corrected chi connectivity index (χ3v) is 4.56. The summed E-state index contributed by atoms with van der Waals surface area (Å²) >= 11 is 0. The molecule has 0 aromatic rings. The molecule has 17 heavy (non-hydrogen) atoms. The van der Waals surface area contributed by atoms with Crippen LogP contribution in [0.5, 0.6) is 0 Å². The van der Waals surface area contributed by atoms with Crippen LogP contribution in [0.25, 0.3) is 0 Å². The minimum Gasteiger partial charge on any atom is -0.480 e. The Morgan fingerprint density at radius 3 is 2.65 bits per heavy atom. The maximum absolute atomic E-state index is 11.8. The van der Waals surface area contributed by atoms with Crippen molar-refractivity contribution in [2.75, 3.05) is 12.4 Å². The Labute approximate surface area is 101 Å². The molecule has 7 heteroatoms. The summed E-state index contributed by atoms with van der Waals surface area (Å²) in [5.74, 6) is -1.34. The smallest absolute Gasteiger partial charge is 0.324 e. The molecule has 0 bridgehead atoms. The summed E-state index contributed by atoms with van der Waals surface area (Å²) in [6, 6.07) is 0. The second kappa shape index (κ2) is 5.32. The van der Waals surface area contributed by atoms with Crippen molar-refractivity contribution in [3.05, 3.63) is 0 Å². The Bertz CT molecular complexity index is 374. The lowest BCUT2D eigenvalue weighted by Crippen LogP contribution is -2.53. The number of carboxylic acids is 1.